The number of benzene rings is 1. The molecule has 0 aliphatic rings. The SMILES string of the molecule is CCOC(=O)c1sc(-c2ccc(-c3ccc4sccc4c3)s2)nc1C. The van der Waals surface area contributed by atoms with Crippen molar-refractivity contribution in [1.82, 2.24) is 4.98 Å². The second kappa shape index (κ2) is 6.71. The van der Waals surface area contributed by atoms with Crippen molar-refractivity contribution < 1.29 is 9.53 Å². The van der Waals surface area contributed by atoms with Gasteiger partial charge in [0.15, 0.2) is 0 Å². The molecule has 0 bridgehead atoms. The smallest absolute Gasteiger partial charge is 0.350 e. The van der Waals surface area contributed by atoms with Crippen LogP contribution in [0.3, 0.4) is 0 Å². The van der Waals surface area contributed by atoms with Crippen LogP contribution in [0.15, 0.2) is 41.8 Å². The molecule has 3 heterocycles. The Morgan fingerprint density at radius 3 is 2.80 bits per heavy atom. The number of ether oxygens (including phenoxy) is 1. The van der Waals surface area contributed by atoms with E-state index in [2.05, 4.69) is 46.8 Å². The molecule has 3 aromatic heterocycles. The molecule has 1 aromatic carbocycles. The number of fused-ring (bicyclic) bond motifs is 1. The summed E-state index contributed by atoms with van der Waals surface area (Å²) in [6, 6.07) is 12.9. The quantitative estimate of drug-likeness (QED) is 0.390. The summed E-state index contributed by atoms with van der Waals surface area (Å²) in [6.45, 7) is 4.04. The van der Waals surface area contributed by atoms with Gasteiger partial charge in [0.05, 0.1) is 17.2 Å². The lowest BCUT2D eigenvalue weighted by Gasteiger charge is -1.98. The van der Waals surface area contributed by atoms with E-state index in [4.69, 9.17) is 4.74 Å². The van der Waals surface area contributed by atoms with Crippen molar-refractivity contribution in [3.05, 3.63) is 52.3 Å². The third-order valence-corrected chi connectivity index (χ3v) is 7.15. The highest BCUT2D eigenvalue weighted by molar-refractivity contribution is 7.24. The van der Waals surface area contributed by atoms with Crippen LogP contribution < -0.4 is 0 Å². The zero-order valence-electron chi connectivity index (χ0n) is 13.7. The Kier molecular flexibility index (Phi) is 4.41. The molecule has 4 aromatic rings. The highest BCUT2D eigenvalue weighted by Crippen LogP contribution is 2.38. The van der Waals surface area contributed by atoms with Crippen LogP contribution in [0.2, 0.25) is 0 Å². The van der Waals surface area contributed by atoms with E-state index in [1.54, 1.807) is 22.7 Å². The predicted molar refractivity (Wildman–Crippen MR) is 107 cm³/mol. The normalized spacial score (nSPS) is 11.1. The Hall–Kier alpha value is -2.02. The molecule has 0 N–H and O–H groups in total. The van der Waals surface area contributed by atoms with Crippen LogP contribution in [0.25, 0.3) is 30.4 Å². The van der Waals surface area contributed by atoms with Crippen LogP contribution in [0.5, 0.6) is 0 Å². The highest BCUT2D eigenvalue weighted by atomic mass is 32.1. The molecule has 0 aliphatic heterocycles. The maximum absolute atomic E-state index is 12.0. The number of rotatable bonds is 4. The minimum Gasteiger partial charge on any atom is -0.462 e. The van der Waals surface area contributed by atoms with Crippen molar-refractivity contribution in [3.63, 3.8) is 0 Å². The van der Waals surface area contributed by atoms with E-state index in [1.807, 2.05) is 13.8 Å². The molecule has 0 atom stereocenters. The Labute approximate surface area is 157 Å². The Balaban J connectivity index is 1.67. The number of carbonyl (C=O) groups is 1. The Morgan fingerprint density at radius 1 is 1.12 bits per heavy atom. The summed E-state index contributed by atoms with van der Waals surface area (Å²) in [5.41, 5.74) is 1.94. The number of thiazole rings is 1. The van der Waals surface area contributed by atoms with Gasteiger partial charge in [0.25, 0.3) is 0 Å². The first-order valence-corrected chi connectivity index (χ1v) is 10.4. The van der Waals surface area contributed by atoms with Crippen LogP contribution >= 0.6 is 34.0 Å². The summed E-state index contributed by atoms with van der Waals surface area (Å²) >= 11 is 4.85. The number of thiophene rings is 2. The average molecular weight is 386 g/mol. The molecule has 0 spiro atoms. The number of nitrogens with zero attached hydrogens (tertiary/aromatic N) is 1. The molecular formula is C19H15NO2S3. The van der Waals surface area contributed by atoms with Crippen molar-refractivity contribution in [1.29, 1.82) is 0 Å². The van der Waals surface area contributed by atoms with Crippen molar-refractivity contribution in [2.75, 3.05) is 6.61 Å². The third-order valence-electron chi connectivity index (χ3n) is 3.81. The molecule has 0 saturated carbocycles. The van der Waals surface area contributed by atoms with Crippen molar-refractivity contribution in [2.24, 2.45) is 0 Å². The Bertz CT molecular complexity index is 1060. The molecule has 3 nitrogen and oxygen atoms in total. The molecule has 0 amide bonds. The van der Waals surface area contributed by atoms with Gasteiger partial charge in [-0.1, -0.05) is 6.07 Å². The molecule has 0 saturated heterocycles. The lowest BCUT2D eigenvalue weighted by Crippen LogP contribution is -2.03. The second-order valence-electron chi connectivity index (χ2n) is 5.49. The zero-order valence-corrected chi connectivity index (χ0v) is 16.2. The van der Waals surface area contributed by atoms with Crippen LogP contribution in [0, 0.1) is 6.92 Å². The number of hydrogen-bond donors (Lipinski definition) is 0. The van der Waals surface area contributed by atoms with Gasteiger partial charge in [-0.3, -0.25) is 0 Å². The van der Waals surface area contributed by atoms with Crippen LogP contribution in [-0.2, 0) is 4.74 Å². The first kappa shape index (κ1) is 16.4. The molecular weight excluding hydrogens is 370 g/mol. The van der Waals surface area contributed by atoms with Gasteiger partial charge in [0.1, 0.15) is 9.88 Å². The summed E-state index contributed by atoms with van der Waals surface area (Å²) in [7, 11) is 0. The molecule has 0 aliphatic carbocycles. The largest absolute Gasteiger partial charge is 0.462 e. The van der Waals surface area contributed by atoms with E-state index in [9.17, 15) is 4.79 Å². The number of hydrogen-bond acceptors (Lipinski definition) is 6. The highest BCUT2D eigenvalue weighted by Gasteiger charge is 2.18. The van der Waals surface area contributed by atoms with E-state index in [1.165, 1.54) is 31.9 Å². The first-order valence-electron chi connectivity index (χ1n) is 7.88. The summed E-state index contributed by atoms with van der Waals surface area (Å²) in [5, 5.41) is 4.25. The van der Waals surface area contributed by atoms with Gasteiger partial charge >= 0.3 is 5.97 Å². The van der Waals surface area contributed by atoms with E-state index in [-0.39, 0.29) is 5.97 Å². The van der Waals surface area contributed by atoms with Gasteiger partial charge in [-0.25, -0.2) is 9.78 Å². The molecule has 0 radical (unpaired) electrons. The fourth-order valence-electron chi connectivity index (χ4n) is 2.62. The second-order valence-corrected chi connectivity index (χ2v) is 8.52. The molecule has 6 heteroatoms. The van der Waals surface area contributed by atoms with E-state index in [0.29, 0.717) is 11.5 Å². The van der Waals surface area contributed by atoms with Crippen molar-refractivity contribution in [2.45, 2.75) is 13.8 Å². The maximum atomic E-state index is 12.0. The maximum Gasteiger partial charge on any atom is 0.350 e. The van der Waals surface area contributed by atoms with Gasteiger partial charge in [-0.15, -0.1) is 34.0 Å². The summed E-state index contributed by atoms with van der Waals surface area (Å²) < 4.78 is 6.40. The molecule has 0 unspecified atom stereocenters. The first-order chi connectivity index (χ1) is 12.2. The van der Waals surface area contributed by atoms with E-state index < -0.39 is 0 Å². The number of aryl methyl sites for hydroxylation is 1. The lowest BCUT2D eigenvalue weighted by atomic mass is 10.1. The van der Waals surface area contributed by atoms with Crippen LogP contribution in [0.4, 0.5) is 0 Å². The van der Waals surface area contributed by atoms with Gasteiger partial charge < -0.3 is 4.74 Å². The van der Waals surface area contributed by atoms with E-state index in [0.717, 1.165) is 15.6 Å². The standard InChI is InChI=1S/C19H15NO2S3/c1-3-22-19(21)17-11(2)20-18(25-17)16-7-6-15(24-16)12-4-5-14-13(10-12)8-9-23-14/h4-10H,3H2,1-2H3. The average Bonchev–Trinajstić information content (AvgIpc) is 3.33. The van der Waals surface area contributed by atoms with Gasteiger partial charge in [-0.2, -0.15) is 0 Å². The minimum atomic E-state index is -0.288. The zero-order chi connectivity index (χ0) is 17.4. The topological polar surface area (TPSA) is 39.2 Å². The number of carbonyl (C=O) groups excluding carboxylic acids is 1. The minimum absolute atomic E-state index is 0.288. The monoisotopic (exact) mass is 385 g/mol. The lowest BCUT2D eigenvalue weighted by molar-refractivity contribution is 0.0531. The molecule has 25 heavy (non-hydrogen) atoms. The van der Waals surface area contributed by atoms with Gasteiger partial charge in [-0.05, 0) is 60.5 Å². The number of esters is 1. The Morgan fingerprint density at radius 2 is 1.96 bits per heavy atom. The van der Waals surface area contributed by atoms with Crippen LogP contribution in [-0.4, -0.2) is 17.6 Å². The fraction of sp³-hybridized carbons (Fsp3) is 0.158. The number of aromatic nitrogens is 1. The van der Waals surface area contributed by atoms with Crippen LogP contribution in [0.1, 0.15) is 22.3 Å². The fourth-order valence-corrected chi connectivity index (χ4v) is 5.40. The van der Waals surface area contributed by atoms with Crippen molar-refractivity contribution in [3.8, 4) is 20.3 Å². The predicted octanol–water partition coefficient (Wildman–Crippen LogP) is 6.24. The molecule has 4 rings (SSSR count). The summed E-state index contributed by atoms with van der Waals surface area (Å²) in [6.07, 6.45) is 0. The van der Waals surface area contributed by atoms with Gasteiger partial charge in [0.2, 0.25) is 0 Å². The molecule has 126 valence electrons. The third kappa shape index (κ3) is 3.13. The summed E-state index contributed by atoms with van der Waals surface area (Å²) in [5.74, 6) is -0.288. The van der Waals surface area contributed by atoms with Gasteiger partial charge in [0, 0.05) is 9.58 Å². The molecule has 0 fully saturated rings. The van der Waals surface area contributed by atoms with Crippen molar-refractivity contribution >= 4 is 50.1 Å². The van der Waals surface area contributed by atoms with E-state index >= 15 is 0 Å². The summed E-state index contributed by atoms with van der Waals surface area (Å²) in [4.78, 5) is 19.4.